The minimum absolute atomic E-state index is 0.103. The Bertz CT molecular complexity index is 1270. The molecule has 4 aromatic rings. The third-order valence-electron chi connectivity index (χ3n) is 5.81. The van der Waals surface area contributed by atoms with E-state index in [9.17, 15) is 4.79 Å². The van der Waals surface area contributed by atoms with Crippen molar-refractivity contribution in [3.05, 3.63) is 95.8 Å². The smallest absolute Gasteiger partial charge is 0.244 e. The van der Waals surface area contributed by atoms with Gasteiger partial charge in [0, 0.05) is 35.2 Å². The van der Waals surface area contributed by atoms with Gasteiger partial charge in [0.25, 0.3) is 0 Å². The van der Waals surface area contributed by atoms with E-state index in [1.165, 1.54) is 11.1 Å². The van der Waals surface area contributed by atoms with Crippen LogP contribution in [-0.2, 0) is 11.2 Å². The van der Waals surface area contributed by atoms with Gasteiger partial charge in [-0.1, -0.05) is 60.2 Å². The summed E-state index contributed by atoms with van der Waals surface area (Å²) in [6.45, 7) is 4.63. The summed E-state index contributed by atoms with van der Waals surface area (Å²) in [5.41, 5.74) is 7.07. The summed E-state index contributed by atoms with van der Waals surface area (Å²) in [5.74, 6) is 0.576. The maximum absolute atomic E-state index is 12.5. The Morgan fingerprint density at radius 1 is 1.06 bits per heavy atom. The molecule has 0 aliphatic heterocycles. The first-order valence-electron chi connectivity index (χ1n) is 11.2. The monoisotopic (exact) mass is 439 g/mol. The third kappa shape index (κ3) is 5.35. The normalized spacial score (nSPS) is 11.5. The summed E-state index contributed by atoms with van der Waals surface area (Å²) < 4.78 is 11.4. The zero-order chi connectivity index (χ0) is 23.2. The second kappa shape index (κ2) is 10.2. The lowest BCUT2D eigenvalue weighted by Crippen LogP contribution is -2.22. The highest BCUT2D eigenvalue weighted by molar-refractivity contribution is 6.00. The van der Waals surface area contributed by atoms with Crippen molar-refractivity contribution < 1.29 is 13.9 Å². The number of methoxy groups -OCH3 is 1. The Balaban J connectivity index is 1.51. The molecular weight excluding hydrogens is 410 g/mol. The van der Waals surface area contributed by atoms with Crippen LogP contribution in [0.15, 0.2) is 83.5 Å². The maximum Gasteiger partial charge on any atom is 0.244 e. The van der Waals surface area contributed by atoms with E-state index in [0.717, 1.165) is 46.1 Å². The average molecular weight is 440 g/mol. The molecule has 0 spiro atoms. The molecule has 0 aliphatic rings. The van der Waals surface area contributed by atoms with Crippen molar-refractivity contribution in [3.8, 4) is 16.9 Å². The molecule has 0 bridgehead atoms. The standard InChI is InChI=1S/C29H29NO3/c1-20-11-13-23(14-12-20)26-19-33-28-18-27(32-3)24(17-25(26)28)21(2)16-29(31)30-15-7-10-22-8-5-4-6-9-22/h4-6,8-9,11-14,16-19H,7,10,15H2,1-3H3,(H,30,31)/b21-16+. The van der Waals surface area contributed by atoms with Gasteiger partial charge in [0.05, 0.1) is 13.4 Å². The van der Waals surface area contributed by atoms with Crippen LogP contribution >= 0.6 is 0 Å². The fourth-order valence-corrected chi connectivity index (χ4v) is 3.96. The molecule has 0 atom stereocenters. The van der Waals surface area contributed by atoms with Crippen LogP contribution in [0.25, 0.3) is 27.7 Å². The van der Waals surface area contributed by atoms with Crippen molar-refractivity contribution in [3.63, 3.8) is 0 Å². The first-order valence-corrected chi connectivity index (χ1v) is 11.2. The Morgan fingerprint density at radius 3 is 2.55 bits per heavy atom. The Hall–Kier alpha value is -3.79. The number of benzene rings is 3. The van der Waals surface area contributed by atoms with Gasteiger partial charge in [-0.25, -0.2) is 0 Å². The molecule has 1 aromatic heterocycles. The van der Waals surface area contributed by atoms with E-state index in [2.05, 4.69) is 48.6 Å². The van der Waals surface area contributed by atoms with Crippen LogP contribution in [0.2, 0.25) is 0 Å². The lowest BCUT2D eigenvalue weighted by molar-refractivity contribution is -0.116. The highest BCUT2D eigenvalue weighted by Gasteiger charge is 2.15. The zero-order valence-electron chi connectivity index (χ0n) is 19.4. The molecule has 0 unspecified atom stereocenters. The number of aryl methyl sites for hydroxylation is 2. The second-order valence-corrected chi connectivity index (χ2v) is 8.27. The Labute approximate surface area is 194 Å². The van der Waals surface area contributed by atoms with Crippen molar-refractivity contribution in [2.45, 2.75) is 26.7 Å². The molecule has 168 valence electrons. The van der Waals surface area contributed by atoms with Gasteiger partial charge in [0.2, 0.25) is 5.91 Å². The molecule has 0 saturated carbocycles. The maximum atomic E-state index is 12.5. The van der Waals surface area contributed by atoms with E-state index in [0.29, 0.717) is 12.3 Å². The summed E-state index contributed by atoms with van der Waals surface area (Å²) in [7, 11) is 1.63. The average Bonchev–Trinajstić information content (AvgIpc) is 3.25. The minimum Gasteiger partial charge on any atom is -0.496 e. The van der Waals surface area contributed by atoms with Crippen molar-refractivity contribution >= 4 is 22.4 Å². The van der Waals surface area contributed by atoms with E-state index in [4.69, 9.17) is 9.15 Å². The number of allylic oxidation sites excluding steroid dienone is 1. The topological polar surface area (TPSA) is 51.5 Å². The highest BCUT2D eigenvalue weighted by Crippen LogP contribution is 2.37. The molecule has 4 nitrogen and oxygen atoms in total. The number of furan rings is 1. The van der Waals surface area contributed by atoms with Gasteiger partial charge in [-0.2, -0.15) is 0 Å². The zero-order valence-corrected chi connectivity index (χ0v) is 19.4. The number of carbonyl (C=O) groups excluding carboxylic acids is 1. The number of nitrogens with one attached hydrogen (secondary N) is 1. The molecule has 4 heteroatoms. The molecular formula is C29H29NO3. The van der Waals surface area contributed by atoms with Crippen LogP contribution in [0.5, 0.6) is 5.75 Å². The molecule has 4 rings (SSSR count). The Kier molecular flexibility index (Phi) is 6.94. The summed E-state index contributed by atoms with van der Waals surface area (Å²) in [5, 5.41) is 3.98. The number of amides is 1. The molecule has 33 heavy (non-hydrogen) atoms. The molecule has 1 N–H and O–H groups in total. The van der Waals surface area contributed by atoms with Crippen molar-refractivity contribution in [1.82, 2.24) is 5.32 Å². The number of hydrogen-bond donors (Lipinski definition) is 1. The van der Waals surface area contributed by atoms with Crippen LogP contribution < -0.4 is 10.1 Å². The van der Waals surface area contributed by atoms with Gasteiger partial charge in [-0.15, -0.1) is 0 Å². The predicted molar refractivity (Wildman–Crippen MR) is 134 cm³/mol. The van der Waals surface area contributed by atoms with Crippen LogP contribution in [0.3, 0.4) is 0 Å². The van der Waals surface area contributed by atoms with Gasteiger partial charge in [-0.3, -0.25) is 4.79 Å². The molecule has 0 radical (unpaired) electrons. The van der Waals surface area contributed by atoms with E-state index >= 15 is 0 Å². The summed E-state index contributed by atoms with van der Waals surface area (Å²) in [4.78, 5) is 12.5. The van der Waals surface area contributed by atoms with E-state index in [1.54, 1.807) is 19.4 Å². The second-order valence-electron chi connectivity index (χ2n) is 8.27. The van der Waals surface area contributed by atoms with Crippen molar-refractivity contribution in [1.29, 1.82) is 0 Å². The van der Waals surface area contributed by atoms with Gasteiger partial charge < -0.3 is 14.5 Å². The van der Waals surface area contributed by atoms with Crippen LogP contribution in [-0.4, -0.2) is 19.6 Å². The first kappa shape index (κ1) is 22.4. The summed E-state index contributed by atoms with van der Waals surface area (Å²) in [6.07, 6.45) is 5.25. The van der Waals surface area contributed by atoms with E-state index < -0.39 is 0 Å². The number of fused-ring (bicyclic) bond motifs is 1. The molecule has 3 aromatic carbocycles. The molecule has 0 fully saturated rings. The predicted octanol–water partition coefficient (Wildman–Crippen LogP) is 6.57. The van der Waals surface area contributed by atoms with Gasteiger partial charge in [-0.05, 0) is 49.5 Å². The molecule has 0 saturated heterocycles. The molecule has 0 aliphatic carbocycles. The fraction of sp³-hybridized carbons (Fsp3) is 0.207. The van der Waals surface area contributed by atoms with Crippen molar-refractivity contribution in [2.75, 3.05) is 13.7 Å². The fourth-order valence-electron chi connectivity index (χ4n) is 3.96. The lowest BCUT2D eigenvalue weighted by atomic mass is 9.99. The number of ether oxygens (including phenoxy) is 1. The SMILES string of the molecule is COc1cc2occ(-c3ccc(C)cc3)c2cc1/C(C)=C/C(=O)NCCCc1ccccc1. The van der Waals surface area contributed by atoms with Crippen molar-refractivity contribution in [2.24, 2.45) is 0 Å². The van der Waals surface area contributed by atoms with E-state index in [-0.39, 0.29) is 5.91 Å². The quantitative estimate of drug-likeness (QED) is 0.250. The van der Waals surface area contributed by atoms with Crippen LogP contribution in [0.1, 0.15) is 30.0 Å². The first-order chi connectivity index (χ1) is 16.0. The lowest BCUT2D eigenvalue weighted by Gasteiger charge is -2.10. The van der Waals surface area contributed by atoms with Crippen LogP contribution in [0, 0.1) is 6.92 Å². The van der Waals surface area contributed by atoms with Gasteiger partial charge in [0.1, 0.15) is 11.3 Å². The Morgan fingerprint density at radius 2 is 1.82 bits per heavy atom. The summed E-state index contributed by atoms with van der Waals surface area (Å²) in [6, 6.07) is 22.6. The molecule has 1 amide bonds. The largest absolute Gasteiger partial charge is 0.496 e. The molecule has 1 heterocycles. The number of carbonyl (C=O) groups is 1. The van der Waals surface area contributed by atoms with Gasteiger partial charge in [0.15, 0.2) is 0 Å². The minimum atomic E-state index is -0.103. The number of rotatable bonds is 8. The van der Waals surface area contributed by atoms with Gasteiger partial charge >= 0.3 is 0 Å². The number of hydrogen-bond acceptors (Lipinski definition) is 3. The third-order valence-corrected chi connectivity index (χ3v) is 5.81. The van der Waals surface area contributed by atoms with Crippen LogP contribution in [0.4, 0.5) is 0 Å². The van der Waals surface area contributed by atoms with E-state index in [1.807, 2.05) is 37.3 Å². The highest BCUT2D eigenvalue weighted by atomic mass is 16.5. The summed E-state index contributed by atoms with van der Waals surface area (Å²) >= 11 is 0.